The Balaban J connectivity index is 2.37. The molecule has 0 aliphatic rings. The van der Waals surface area contributed by atoms with Crippen LogP contribution < -0.4 is 11.1 Å². The molecule has 0 aliphatic carbocycles. The molecule has 0 unspecified atom stereocenters. The smallest absolute Gasteiger partial charge is 0.193 e. The lowest BCUT2D eigenvalue weighted by atomic mass is 10.2. The Kier molecular flexibility index (Phi) is 9.21. The van der Waals surface area contributed by atoms with Crippen LogP contribution in [-0.2, 0) is 16.1 Å². The molecule has 0 aliphatic heterocycles. The van der Waals surface area contributed by atoms with Crippen molar-refractivity contribution in [3.63, 3.8) is 0 Å². The first-order chi connectivity index (χ1) is 10.7. The number of nitrogens with one attached hydrogen (secondary N) is 1. The van der Waals surface area contributed by atoms with Crippen molar-refractivity contribution < 1.29 is 9.47 Å². The van der Waals surface area contributed by atoms with Crippen molar-refractivity contribution in [3.8, 4) is 0 Å². The average molecular weight is 308 g/mol. The van der Waals surface area contributed by atoms with Gasteiger partial charge in [0.1, 0.15) is 0 Å². The van der Waals surface area contributed by atoms with E-state index in [2.05, 4.69) is 22.3 Å². The Bertz CT molecular complexity index is 452. The van der Waals surface area contributed by atoms with Gasteiger partial charge in [-0.3, -0.25) is 4.99 Å². The Morgan fingerprint density at radius 1 is 1.23 bits per heavy atom. The monoisotopic (exact) mass is 308 g/mol. The number of nitrogens with zero attached hydrogens (tertiary/aromatic N) is 2. The first-order valence-electron chi connectivity index (χ1n) is 7.48. The van der Waals surface area contributed by atoms with Crippen molar-refractivity contribution in [2.45, 2.75) is 13.0 Å². The highest BCUT2D eigenvalue weighted by molar-refractivity contribution is 5.92. The molecule has 0 saturated carbocycles. The fraction of sp³-hybridized carbons (Fsp3) is 0.562. The first-order valence-corrected chi connectivity index (χ1v) is 7.48. The zero-order chi connectivity index (χ0) is 16.2. The number of guanidine groups is 1. The summed E-state index contributed by atoms with van der Waals surface area (Å²) < 4.78 is 10.2. The van der Waals surface area contributed by atoms with Crippen LogP contribution in [0.25, 0.3) is 0 Å². The lowest BCUT2D eigenvalue weighted by Gasteiger charge is -2.15. The molecule has 0 aromatic heterocycles. The van der Waals surface area contributed by atoms with Gasteiger partial charge in [0.15, 0.2) is 5.96 Å². The highest BCUT2D eigenvalue weighted by Gasteiger charge is 2.02. The van der Waals surface area contributed by atoms with E-state index in [1.165, 1.54) is 0 Å². The van der Waals surface area contributed by atoms with E-state index < -0.39 is 0 Å². The van der Waals surface area contributed by atoms with Crippen molar-refractivity contribution in [1.82, 2.24) is 4.90 Å². The lowest BCUT2D eigenvalue weighted by Crippen LogP contribution is -2.26. The Hall–Kier alpha value is -1.63. The maximum Gasteiger partial charge on any atom is 0.193 e. The SMILES string of the molecule is COCCN(C)CCCN=C(N)Nc1ccccc1COC. The van der Waals surface area contributed by atoms with Gasteiger partial charge in [0, 0.05) is 38.6 Å². The van der Waals surface area contributed by atoms with Crippen molar-refractivity contribution >= 4 is 11.6 Å². The molecule has 6 heteroatoms. The van der Waals surface area contributed by atoms with Crippen LogP contribution in [0.3, 0.4) is 0 Å². The number of rotatable bonds is 10. The molecule has 0 amide bonds. The van der Waals surface area contributed by atoms with Crippen LogP contribution in [0.1, 0.15) is 12.0 Å². The second-order valence-electron chi connectivity index (χ2n) is 5.13. The van der Waals surface area contributed by atoms with E-state index in [9.17, 15) is 0 Å². The summed E-state index contributed by atoms with van der Waals surface area (Å²) in [5, 5.41) is 3.13. The zero-order valence-corrected chi connectivity index (χ0v) is 13.8. The predicted octanol–water partition coefficient (Wildman–Crippen LogP) is 1.53. The Morgan fingerprint density at radius 2 is 2.00 bits per heavy atom. The van der Waals surface area contributed by atoms with Crippen LogP contribution in [0.15, 0.2) is 29.3 Å². The molecule has 0 bridgehead atoms. The molecule has 1 rings (SSSR count). The summed E-state index contributed by atoms with van der Waals surface area (Å²) in [4.78, 5) is 6.58. The number of hydrogen-bond acceptors (Lipinski definition) is 4. The molecule has 0 atom stereocenters. The van der Waals surface area contributed by atoms with E-state index in [1.807, 2.05) is 24.3 Å². The van der Waals surface area contributed by atoms with Crippen LogP contribution in [0.2, 0.25) is 0 Å². The summed E-state index contributed by atoms with van der Waals surface area (Å²) in [7, 11) is 5.46. The van der Waals surface area contributed by atoms with Crippen LogP contribution in [0.5, 0.6) is 0 Å². The number of methoxy groups -OCH3 is 2. The molecule has 0 spiro atoms. The second kappa shape index (κ2) is 11.0. The lowest BCUT2D eigenvalue weighted by molar-refractivity contribution is 0.161. The summed E-state index contributed by atoms with van der Waals surface area (Å²) in [6.45, 7) is 3.89. The number of benzene rings is 1. The maximum atomic E-state index is 5.93. The molecule has 0 saturated heterocycles. The van der Waals surface area contributed by atoms with E-state index in [0.29, 0.717) is 19.1 Å². The zero-order valence-electron chi connectivity index (χ0n) is 13.8. The fourth-order valence-corrected chi connectivity index (χ4v) is 2.00. The fourth-order valence-electron chi connectivity index (χ4n) is 2.00. The van der Waals surface area contributed by atoms with Crippen LogP contribution in [0, 0.1) is 0 Å². The quantitative estimate of drug-likeness (QED) is 0.390. The van der Waals surface area contributed by atoms with E-state index in [4.69, 9.17) is 15.2 Å². The highest BCUT2D eigenvalue weighted by Crippen LogP contribution is 2.15. The predicted molar refractivity (Wildman–Crippen MR) is 91.3 cm³/mol. The summed E-state index contributed by atoms with van der Waals surface area (Å²) in [5.74, 6) is 0.433. The van der Waals surface area contributed by atoms with Gasteiger partial charge in [0.05, 0.1) is 13.2 Å². The molecular formula is C16H28N4O2. The van der Waals surface area contributed by atoms with E-state index in [0.717, 1.165) is 37.4 Å². The van der Waals surface area contributed by atoms with Gasteiger partial charge in [0.25, 0.3) is 0 Å². The molecular weight excluding hydrogens is 280 g/mol. The third kappa shape index (κ3) is 7.40. The number of hydrogen-bond donors (Lipinski definition) is 2. The van der Waals surface area contributed by atoms with Gasteiger partial charge in [-0.1, -0.05) is 18.2 Å². The van der Waals surface area contributed by atoms with Gasteiger partial charge in [0.2, 0.25) is 0 Å². The molecule has 124 valence electrons. The summed E-state index contributed by atoms with van der Waals surface area (Å²) in [6, 6.07) is 7.90. The van der Waals surface area contributed by atoms with Gasteiger partial charge in [-0.2, -0.15) is 0 Å². The average Bonchev–Trinajstić information content (AvgIpc) is 2.51. The molecule has 1 aromatic rings. The van der Waals surface area contributed by atoms with Crippen LogP contribution >= 0.6 is 0 Å². The number of nitrogens with two attached hydrogens (primary N) is 1. The number of ether oxygens (including phenoxy) is 2. The molecule has 6 nitrogen and oxygen atoms in total. The van der Waals surface area contributed by atoms with E-state index in [-0.39, 0.29) is 0 Å². The van der Waals surface area contributed by atoms with Crippen LogP contribution in [0.4, 0.5) is 5.69 Å². The van der Waals surface area contributed by atoms with Crippen molar-refractivity contribution in [2.24, 2.45) is 10.7 Å². The van der Waals surface area contributed by atoms with Gasteiger partial charge >= 0.3 is 0 Å². The van der Waals surface area contributed by atoms with Gasteiger partial charge in [-0.25, -0.2) is 0 Å². The Labute approximate surface area is 133 Å². The summed E-state index contributed by atoms with van der Waals surface area (Å²) in [5.41, 5.74) is 7.92. The van der Waals surface area contributed by atoms with Gasteiger partial charge in [-0.15, -0.1) is 0 Å². The minimum atomic E-state index is 0.433. The van der Waals surface area contributed by atoms with E-state index >= 15 is 0 Å². The van der Waals surface area contributed by atoms with Gasteiger partial charge in [-0.05, 0) is 26.1 Å². The molecule has 1 aromatic carbocycles. The molecule has 0 heterocycles. The number of anilines is 1. The minimum Gasteiger partial charge on any atom is -0.383 e. The first kappa shape index (κ1) is 18.4. The van der Waals surface area contributed by atoms with Crippen molar-refractivity contribution in [3.05, 3.63) is 29.8 Å². The third-order valence-electron chi connectivity index (χ3n) is 3.24. The largest absolute Gasteiger partial charge is 0.383 e. The summed E-state index contributed by atoms with van der Waals surface area (Å²) >= 11 is 0. The van der Waals surface area contributed by atoms with E-state index in [1.54, 1.807) is 14.2 Å². The van der Waals surface area contributed by atoms with Gasteiger partial charge < -0.3 is 25.4 Å². The van der Waals surface area contributed by atoms with Crippen molar-refractivity contribution in [1.29, 1.82) is 0 Å². The highest BCUT2D eigenvalue weighted by atomic mass is 16.5. The van der Waals surface area contributed by atoms with Crippen LogP contribution in [-0.4, -0.2) is 58.4 Å². The second-order valence-corrected chi connectivity index (χ2v) is 5.13. The number of aliphatic imine (C=N–C) groups is 1. The topological polar surface area (TPSA) is 72.1 Å². The molecule has 3 N–H and O–H groups in total. The standard InChI is InChI=1S/C16H28N4O2/c1-20(11-12-21-2)10-6-9-18-16(17)19-15-8-5-4-7-14(15)13-22-3/h4-5,7-8H,6,9-13H2,1-3H3,(H3,17,18,19). The third-order valence-corrected chi connectivity index (χ3v) is 3.24. The minimum absolute atomic E-state index is 0.433. The molecule has 0 radical (unpaired) electrons. The maximum absolute atomic E-state index is 5.93. The molecule has 22 heavy (non-hydrogen) atoms. The molecule has 0 fully saturated rings. The number of para-hydroxylation sites is 1. The Morgan fingerprint density at radius 3 is 2.73 bits per heavy atom. The number of likely N-dealkylation sites (N-methyl/N-ethyl adjacent to an activating group) is 1. The normalized spacial score (nSPS) is 11.9. The van der Waals surface area contributed by atoms with Crippen molar-refractivity contribution in [2.75, 3.05) is 52.8 Å². The summed E-state index contributed by atoms with van der Waals surface area (Å²) in [6.07, 6.45) is 0.961.